The van der Waals surface area contributed by atoms with Crippen LogP contribution in [0.4, 0.5) is 11.8 Å². The molecule has 5 aromatic rings. The van der Waals surface area contributed by atoms with Gasteiger partial charge in [-0.25, -0.2) is 9.97 Å². The van der Waals surface area contributed by atoms with Crippen LogP contribution >= 0.6 is 22.7 Å². The van der Waals surface area contributed by atoms with Gasteiger partial charge in [0, 0.05) is 42.0 Å². The van der Waals surface area contributed by atoms with Crippen LogP contribution in [0.5, 0.6) is 0 Å². The third kappa shape index (κ3) is 3.32. The van der Waals surface area contributed by atoms with Gasteiger partial charge in [0.2, 0.25) is 5.95 Å². The quantitative estimate of drug-likeness (QED) is 0.401. The summed E-state index contributed by atoms with van der Waals surface area (Å²) in [6, 6.07) is 14.3. The molecule has 6 rings (SSSR count). The molecule has 0 bridgehead atoms. The summed E-state index contributed by atoms with van der Waals surface area (Å²) in [5, 5.41) is 17.9. The van der Waals surface area contributed by atoms with E-state index in [0.717, 1.165) is 59.7 Å². The third-order valence-corrected chi connectivity index (χ3v) is 7.40. The highest BCUT2D eigenvalue weighted by atomic mass is 32.1. The predicted molar refractivity (Wildman–Crippen MR) is 129 cm³/mol. The molecule has 1 saturated heterocycles. The molecule has 5 heterocycles. The molecule has 0 N–H and O–H groups in total. The minimum Gasteiger partial charge on any atom is -0.352 e. The van der Waals surface area contributed by atoms with Crippen LogP contribution in [0.1, 0.15) is 5.82 Å². The van der Waals surface area contributed by atoms with Crippen molar-refractivity contribution in [2.75, 3.05) is 36.0 Å². The number of para-hydroxylation sites is 1. The Morgan fingerprint density at radius 3 is 2.47 bits per heavy atom. The van der Waals surface area contributed by atoms with E-state index in [0.29, 0.717) is 0 Å². The van der Waals surface area contributed by atoms with Gasteiger partial charge >= 0.3 is 0 Å². The molecule has 0 radical (unpaired) electrons. The molecule has 0 aliphatic carbocycles. The van der Waals surface area contributed by atoms with Gasteiger partial charge in [0.15, 0.2) is 0 Å². The van der Waals surface area contributed by atoms with E-state index in [1.807, 2.05) is 37.3 Å². The first-order valence-corrected chi connectivity index (χ1v) is 12.2. The highest BCUT2D eigenvalue weighted by molar-refractivity contribution is 7.18. The summed E-state index contributed by atoms with van der Waals surface area (Å²) in [6.07, 6.45) is 0. The van der Waals surface area contributed by atoms with Gasteiger partial charge in [-0.2, -0.15) is 4.68 Å². The molecule has 4 aromatic heterocycles. The Hall–Kier alpha value is -3.37. The van der Waals surface area contributed by atoms with Gasteiger partial charge < -0.3 is 9.80 Å². The van der Waals surface area contributed by atoms with Crippen LogP contribution in [0, 0.1) is 6.92 Å². The third-order valence-electron chi connectivity index (χ3n) is 5.63. The summed E-state index contributed by atoms with van der Waals surface area (Å²) in [6.45, 7) is 5.28. The van der Waals surface area contributed by atoms with Crippen LogP contribution < -0.4 is 9.80 Å². The Balaban J connectivity index is 1.30. The van der Waals surface area contributed by atoms with Gasteiger partial charge in [-0.05, 0) is 40.9 Å². The fourth-order valence-corrected chi connectivity index (χ4v) is 5.90. The Kier molecular flexibility index (Phi) is 4.80. The van der Waals surface area contributed by atoms with Crippen LogP contribution in [0.3, 0.4) is 0 Å². The monoisotopic (exact) mass is 460 g/mol. The van der Waals surface area contributed by atoms with Crippen molar-refractivity contribution in [3.63, 3.8) is 0 Å². The molecule has 1 aliphatic heterocycles. The molecular weight excluding hydrogens is 440 g/mol. The Labute approximate surface area is 192 Å². The Morgan fingerprint density at radius 1 is 0.875 bits per heavy atom. The van der Waals surface area contributed by atoms with E-state index < -0.39 is 0 Å². The van der Waals surface area contributed by atoms with E-state index in [9.17, 15) is 0 Å². The molecule has 10 heteroatoms. The second-order valence-corrected chi connectivity index (χ2v) is 9.41. The zero-order chi connectivity index (χ0) is 21.5. The molecule has 1 fully saturated rings. The lowest BCUT2D eigenvalue weighted by molar-refractivity contribution is 0.627. The van der Waals surface area contributed by atoms with Crippen molar-refractivity contribution in [3.05, 3.63) is 59.0 Å². The fraction of sp³-hybridized carbons (Fsp3) is 0.227. The SMILES string of the molecule is Cc1nc(N2CCN(c3nnnn3-c3ccccc3)CC2)c2c(-c3cccs3)csc2n1. The second kappa shape index (κ2) is 7.95. The molecule has 8 nitrogen and oxygen atoms in total. The Morgan fingerprint density at radius 2 is 1.69 bits per heavy atom. The Bertz CT molecular complexity index is 1350. The minimum atomic E-state index is 0.773. The van der Waals surface area contributed by atoms with Crippen molar-refractivity contribution in [3.8, 4) is 16.1 Å². The van der Waals surface area contributed by atoms with Crippen molar-refractivity contribution in [1.82, 2.24) is 30.2 Å². The van der Waals surface area contributed by atoms with Crippen LogP contribution in [0.15, 0.2) is 53.2 Å². The molecule has 32 heavy (non-hydrogen) atoms. The summed E-state index contributed by atoms with van der Waals surface area (Å²) >= 11 is 3.44. The number of nitrogens with zero attached hydrogens (tertiary/aromatic N) is 8. The average molecular weight is 461 g/mol. The number of rotatable bonds is 4. The molecule has 1 aliphatic rings. The number of anilines is 2. The van der Waals surface area contributed by atoms with Crippen LogP contribution in [0.25, 0.3) is 26.3 Å². The maximum atomic E-state index is 4.88. The molecule has 160 valence electrons. The summed E-state index contributed by atoms with van der Waals surface area (Å²) < 4.78 is 1.80. The van der Waals surface area contributed by atoms with E-state index >= 15 is 0 Å². The number of hydrogen-bond acceptors (Lipinski definition) is 9. The van der Waals surface area contributed by atoms with Crippen LogP contribution in [-0.4, -0.2) is 56.4 Å². The van der Waals surface area contributed by atoms with Crippen molar-refractivity contribution < 1.29 is 0 Å². The zero-order valence-corrected chi connectivity index (χ0v) is 19.1. The highest BCUT2D eigenvalue weighted by Gasteiger charge is 2.26. The summed E-state index contributed by atoms with van der Waals surface area (Å²) in [4.78, 5) is 16.5. The largest absolute Gasteiger partial charge is 0.352 e. The normalized spacial score (nSPS) is 14.4. The second-order valence-electron chi connectivity index (χ2n) is 7.60. The van der Waals surface area contributed by atoms with Crippen LogP contribution in [-0.2, 0) is 0 Å². The number of hydrogen-bond donors (Lipinski definition) is 0. The van der Waals surface area contributed by atoms with Crippen molar-refractivity contribution in [1.29, 1.82) is 0 Å². The molecule has 0 spiro atoms. The number of thiophene rings is 2. The highest BCUT2D eigenvalue weighted by Crippen LogP contribution is 2.40. The maximum absolute atomic E-state index is 4.88. The average Bonchev–Trinajstić information content (AvgIpc) is 3.59. The minimum absolute atomic E-state index is 0.773. The lowest BCUT2D eigenvalue weighted by atomic mass is 10.1. The fourth-order valence-electron chi connectivity index (χ4n) is 4.10. The number of aromatic nitrogens is 6. The van der Waals surface area contributed by atoms with E-state index in [-0.39, 0.29) is 0 Å². The first-order chi connectivity index (χ1) is 15.8. The molecule has 0 amide bonds. The van der Waals surface area contributed by atoms with Gasteiger partial charge in [-0.3, -0.25) is 0 Å². The maximum Gasteiger partial charge on any atom is 0.250 e. The number of fused-ring (bicyclic) bond motifs is 1. The van der Waals surface area contributed by atoms with Gasteiger partial charge in [-0.15, -0.1) is 22.7 Å². The summed E-state index contributed by atoms with van der Waals surface area (Å²) in [5.74, 6) is 2.61. The van der Waals surface area contributed by atoms with Crippen molar-refractivity contribution in [2.45, 2.75) is 6.92 Å². The topological polar surface area (TPSA) is 75.9 Å². The lowest BCUT2D eigenvalue weighted by Gasteiger charge is -2.35. The standard InChI is InChI=1S/C22H20N8S2/c1-15-23-20(19-17(14-32-21(19)24-15)18-8-5-13-31-18)28-9-11-29(12-10-28)22-25-26-27-30(22)16-6-3-2-4-7-16/h2-8,13-14H,9-12H2,1H3. The molecule has 0 unspecified atom stereocenters. The van der Waals surface area contributed by atoms with Crippen LogP contribution in [0.2, 0.25) is 0 Å². The molecule has 1 aromatic carbocycles. The van der Waals surface area contributed by atoms with Gasteiger partial charge in [-0.1, -0.05) is 29.4 Å². The van der Waals surface area contributed by atoms with Gasteiger partial charge in [0.25, 0.3) is 0 Å². The number of benzene rings is 1. The first kappa shape index (κ1) is 19.3. The number of aryl methyl sites for hydroxylation is 1. The van der Waals surface area contributed by atoms with E-state index in [2.05, 4.69) is 48.2 Å². The van der Waals surface area contributed by atoms with E-state index in [1.165, 1.54) is 10.4 Å². The summed E-state index contributed by atoms with van der Waals surface area (Å²) in [7, 11) is 0. The predicted octanol–water partition coefficient (Wildman–Crippen LogP) is 4.03. The smallest absolute Gasteiger partial charge is 0.250 e. The van der Waals surface area contributed by atoms with Gasteiger partial charge in [0.05, 0.1) is 11.1 Å². The van der Waals surface area contributed by atoms with Gasteiger partial charge in [0.1, 0.15) is 16.5 Å². The first-order valence-electron chi connectivity index (χ1n) is 10.4. The molecular formula is C22H20N8S2. The van der Waals surface area contributed by atoms with Crippen molar-refractivity contribution >= 4 is 44.7 Å². The number of piperazine rings is 1. The van der Waals surface area contributed by atoms with Crippen molar-refractivity contribution in [2.24, 2.45) is 0 Å². The molecule has 0 saturated carbocycles. The molecule has 0 atom stereocenters. The lowest BCUT2D eigenvalue weighted by Crippen LogP contribution is -2.47. The number of tetrazole rings is 1. The van der Waals surface area contributed by atoms with E-state index in [4.69, 9.17) is 9.97 Å². The summed E-state index contributed by atoms with van der Waals surface area (Å²) in [5.41, 5.74) is 2.19. The zero-order valence-electron chi connectivity index (χ0n) is 17.4. The van der Waals surface area contributed by atoms with E-state index in [1.54, 1.807) is 27.4 Å².